The minimum absolute atomic E-state index is 0.0612. The second kappa shape index (κ2) is 6.51. The minimum Gasteiger partial charge on any atom is -0.256 e. The average molecular weight is 256 g/mol. The Labute approximate surface area is 121 Å². The zero-order chi connectivity index (χ0) is 16.3. The summed E-state index contributed by atoms with van der Waals surface area (Å²) in [5.74, 6) is -0.758. The van der Waals surface area contributed by atoms with Gasteiger partial charge in [-0.1, -0.05) is 56.2 Å². The maximum Gasteiger partial charge on any atom is 0.0696 e. The number of rotatable bonds is 4. The first-order valence-corrected chi connectivity index (χ1v) is 6.85. The number of pyridine rings is 1. The van der Waals surface area contributed by atoms with Crippen molar-refractivity contribution in [3.8, 4) is 0 Å². The van der Waals surface area contributed by atoms with Crippen LogP contribution in [0.5, 0.6) is 0 Å². The highest BCUT2D eigenvalue weighted by atomic mass is 14.7. The molecule has 19 heavy (non-hydrogen) atoms. The molecule has 0 radical (unpaired) electrons. The summed E-state index contributed by atoms with van der Waals surface area (Å²) in [4.78, 5) is 4.33. The smallest absolute Gasteiger partial charge is 0.0696 e. The van der Waals surface area contributed by atoms with E-state index >= 15 is 0 Å². The van der Waals surface area contributed by atoms with Crippen LogP contribution in [0.2, 0.25) is 0 Å². The Morgan fingerprint density at radius 1 is 1.32 bits per heavy atom. The topological polar surface area (TPSA) is 12.9 Å². The van der Waals surface area contributed by atoms with Crippen molar-refractivity contribution < 1.29 is 4.11 Å². The molecule has 1 saturated carbocycles. The van der Waals surface area contributed by atoms with Crippen LogP contribution in [0.4, 0.5) is 0 Å². The first-order chi connectivity index (χ1) is 10.3. The van der Waals surface area contributed by atoms with Gasteiger partial charge in [0.05, 0.1) is 8.44 Å². The first-order valence-electron chi connectivity index (χ1n) is 8.35. The molecule has 1 aromatic heterocycles. The summed E-state index contributed by atoms with van der Waals surface area (Å²) in [6, 6.07) is 0.179. The molecule has 1 heterocycles. The Hall–Kier alpha value is -1.63. The maximum atomic E-state index is 8.62. The molecule has 0 aromatic carbocycles. The lowest BCUT2D eigenvalue weighted by Crippen LogP contribution is -2.05. The van der Waals surface area contributed by atoms with E-state index in [1.54, 1.807) is 12.3 Å². The summed E-state index contributed by atoms with van der Waals surface area (Å²) < 4.78 is 25.1. The van der Waals surface area contributed by atoms with E-state index < -0.39 is 5.89 Å². The third kappa shape index (κ3) is 3.92. The van der Waals surface area contributed by atoms with E-state index in [2.05, 4.69) is 18.1 Å². The van der Waals surface area contributed by atoms with E-state index in [1.807, 2.05) is 13.0 Å². The van der Waals surface area contributed by atoms with Crippen LogP contribution in [-0.2, 0) is 0 Å². The molecule has 100 valence electrons. The first kappa shape index (κ1) is 10.2. The van der Waals surface area contributed by atoms with Gasteiger partial charge in [-0.15, -0.1) is 0 Å². The van der Waals surface area contributed by atoms with E-state index in [0.717, 1.165) is 37.7 Å². The van der Waals surface area contributed by atoms with Gasteiger partial charge in [-0.2, -0.15) is 0 Å². The highest BCUT2D eigenvalue weighted by molar-refractivity contribution is 5.69. The summed E-state index contributed by atoms with van der Waals surface area (Å²) >= 11 is 0. The Kier molecular flexibility index (Phi) is 3.49. The van der Waals surface area contributed by atoms with Crippen molar-refractivity contribution in [3.05, 3.63) is 60.4 Å². The summed E-state index contributed by atoms with van der Waals surface area (Å²) in [7, 11) is 0. The van der Waals surface area contributed by atoms with Crippen molar-refractivity contribution in [2.45, 2.75) is 44.9 Å². The minimum atomic E-state index is -0.758. The molecule has 0 saturated heterocycles. The molecule has 0 atom stereocenters. The van der Waals surface area contributed by atoms with Gasteiger partial charge >= 0.3 is 0 Å². The molecule has 0 amide bonds. The Morgan fingerprint density at radius 2 is 2.05 bits per heavy atom. The van der Waals surface area contributed by atoms with E-state index in [1.165, 1.54) is 0 Å². The normalized spacial score (nSPS) is 20.6. The fraction of sp³-hybridized carbons (Fsp3) is 0.389. The third-order valence-electron chi connectivity index (χ3n) is 3.35. The lowest BCUT2D eigenvalue weighted by atomic mass is 9.85. The van der Waals surface area contributed by atoms with Crippen LogP contribution in [0.25, 0.3) is 5.57 Å². The monoisotopic (exact) mass is 256 g/mol. The van der Waals surface area contributed by atoms with Crippen molar-refractivity contribution in [2.75, 3.05) is 0 Å². The molecular weight excluding hydrogens is 230 g/mol. The van der Waals surface area contributed by atoms with Crippen molar-refractivity contribution in [2.24, 2.45) is 0 Å². The fourth-order valence-corrected chi connectivity index (χ4v) is 2.23. The van der Waals surface area contributed by atoms with Gasteiger partial charge in [0.25, 0.3) is 0 Å². The van der Waals surface area contributed by atoms with Crippen LogP contribution < -0.4 is 0 Å². The fourth-order valence-electron chi connectivity index (χ4n) is 2.23. The number of aromatic nitrogens is 1. The molecule has 0 aliphatic heterocycles. The number of allylic oxidation sites excluding steroid dienone is 4. The molecule has 1 aliphatic rings. The second-order valence-corrected chi connectivity index (χ2v) is 5.14. The summed E-state index contributed by atoms with van der Waals surface area (Å²) in [6.07, 6.45) is 9.83. The molecule has 1 aliphatic carbocycles. The maximum absolute atomic E-state index is 8.62. The number of hydrogen-bond donors (Lipinski definition) is 0. The Balaban J connectivity index is 2.37. The molecule has 0 bridgehead atoms. The SMILES string of the molecule is [2H]c1c(C2([2H])CCCCC2)cnc(C(=C)C=CC(=C)C)c1[2H]. The van der Waals surface area contributed by atoms with Crippen LogP contribution in [0.15, 0.2) is 49.2 Å². The lowest BCUT2D eigenvalue weighted by Gasteiger charge is -2.21. The van der Waals surface area contributed by atoms with Gasteiger partial charge in [0.1, 0.15) is 0 Å². The van der Waals surface area contributed by atoms with Crippen LogP contribution in [0.3, 0.4) is 0 Å². The highest BCUT2D eigenvalue weighted by Crippen LogP contribution is 2.32. The van der Waals surface area contributed by atoms with E-state index in [9.17, 15) is 0 Å². The van der Waals surface area contributed by atoms with Crippen LogP contribution in [-0.4, -0.2) is 4.98 Å². The summed E-state index contributed by atoms with van der Waals surface area (Å²) in [6.45, 7) is 9.59. The van der Waals surface area contributed by atoms with Gasteiger partial charge in [-0.05, 0) is 42.8 Å². The van der Waals surface area contributed by atoms with Crippen LogP contribution in [0, 0.1) is 0 Å². The van der Waals surface area contributed by atoms with E-state index in [4.69, 9.17) is 4.11 Å². The van der Waals surface area contributed by atoms with Gasteiger partial charge in [-0.25, -0.2) is 0 Å². The predicted octanol–water partition coefficient (Wildman–Crippen LogP) is 5.27. The molecule has 1 fully saturated rings. The number of hydrogen-bond acceptors (Lipinski definition) is 1. The Bertz CT molecular complexity index is 625. The third-order valence-corrected chi connectivity index (χ3v) is 3.35. The van der Waals surface area contributed by atoms with Gasteiger partial charge in [0.15, 0.2) is 0 Å². The standard InChI is InChI=1S/C18H23N/c1-14(2)9-10-15(3)18-12-11-17(13-19-18)16-7-5-4-6-8-16/h9-13,16H,1,3-8H2,2H3/i11D,12D,16D. The molecule has 0 spiro atoms. The number of nitrogens with zero attached hydrogens (tertiary/aromatic N) is 1. The highest BCUT2D eigenvalue weighted by Gasteiger charge is 2.15. The molecule has 2 rings (SSSR count). The van der Waals surface area contributed by atoms with Gasteiger partial charge in [0.2, 0.25) is 0 Å². The largest absolute Gasteiger partial charge is 0.256 e. The zero-order valence-electron chi connectivity index (χ0n) is 14.6. The molecule has 1 aromatic rings. The molecule has 0 N–H and O–H groups in total. The van der Waals surface area contributed by atoms with Gasteiger partial charge in [0, 0.05) is 7.57 Å². The van der Waals surface area contributed by atoms with Gasteiger partial charge < -0.3 is 0 Å². The molecule has 0 unspecified atom stereocenters. The lowest BCUT2D eigenvalue weighted by molar-refractivity contribution is 0.443. The van der Waals surface area contributed by atoms with Gasteiger partial charge in [-0.3, -0.25) is 4.98 Å². The van der Waals surface area contributed by atoms with Crippen molar-refractivity contribution >= 4 is 5.57 Å². The quantitative estimate of drug-likeness (QED) is 0.668. The predicted molar refractivity (Wildman–Crippen MR) is 83.1 cm³/mol. The zero-order valence-corrected chi connectivity index (χ0v) is 11.6. The Morgan fingerprint density at radius 3 is 2.74 bits per heavy atom. The van der Waals surface area contributed by atoms with E-state index in [-0.39, 0.29) is 12.1 Å². The van der Waals surface area contributed by atoms with Crippen LogP contribution >= 0.6 is 0 Å². The summed E-state index contributed by atoms with van der Waals surface area (Å²) in [5.41, 5.74) is 2.47. The molecule has 1 nitrogen and oxygen atoms in total. The summed E-state index contributed by atoms with van der Waals surface area (Å²) in [5, 5.41) is 0. The van der Waals surface area contributed by atoms with E-state index in [0.29, 0.717) is 16.8 Å². The van der Waals surface area contributed by atoms with Crippen molar-refractivity contribution in [3.63, 3.8) is 0 Å². The van der Waals surface area contributed by atoms with Crippen molar-refractivity contribution in [1.29, 1.82) is 0 Å². The van der Waals surface area contributed by atoms with Crippen molar-refractivity contribution in [1.82, 2.24) is 4.98 Å². The molecular formula is C18H23N. The van der Waals surface area contributed by atoms with Crippen LogP contribution in [0.1, 0.15) is 60.3 Å². The average Bonchev–Trinajstić information content (AvgIpc) is 2.48. The second-order valence-electron chi connectivity index (χ2n) is 5.14. The molecule has 1 heteroatoms.